The van der Waals surface area contributed by atoms with Crippen LogP contribution in [0.15, 0.2) is 47.4 Å². The van der Waals surface area contributed by atoms with Gasteiger partial charge in [-0.25, -0.2) is 0 Å². The molecule has 0 N–H and O–H groups in total. The minimum atomic E-state index is -0.291. The number of carbonyl (C=O) groups excluding carboxylic acids is 1. The number of carbonyl (C=O) groups is 1. The van der Waals surface area contributed by atoms with Gasteiger partial charge in [-0.2, -0.15) is 0 Å². The fourth-order valence-electron chi connectivity index (χ4n) is 2.64. The van der Waals surface area contributed by atoms with E-state index in [0.717, 1.165) is 5.56 Å². The van der Waals surface area contributed by atoms with Crippen molar-refractivity contribution in [3.63, 3.8) is 0 Å². The Morgan fingerprint density at radius 2 is 1.88 bits per heavy atom. The number of ether oxygens (including phenoxy) is 2. The van der Waals surface area contributed by atoms with Gasteiger partial charge in [-0.3, -0.25) is 9.59 Å². The lowest BCUT2D eigenvalue weighted by Crippen LogP contribution is -2.42. The van der Waals surface area contributed by atoms with Gasteiger partial charge in [0.25, 0.3) is 5.91 Å². The number of nitrogens with zero attached hydrogens (tertiary/aromatic N) is 2. The number of hydrogen-bond donors (Lipinski definition) is 0. The first-order valence-electron chi connectivity index (χ1n) is 7.90. The van der Waals surface area contributed by atoms with Gasteiger partial charge < -0.3 is 18.9 Å². The molecule has 0 atom stereocenters. The fraction of sp³-hybridized carbons (Fsp3) is 0.333. The third-order valence-electron chi connectivity index (χ3n) is 3.97. The number of rotatable bonds is 4. The summed E-state index contributed by atoms with van der Waals surface area (Å²) < 4.78 is 12.7. The normalized spacial score (nSPS) is 14.5. The van der Waals surface area contributed by atoms with E-state index in [1.807, 2.05) is 30.3 Å². The van der Waals surface area contributed by atoms with Crippen molar-refractivity contribution in [2.75, 3.05) is 26.3 Å². The minimum absolute atomic E-state index is 0.0975. The molecule has 1 aliphatic rings. The van der Waals surface area contributed by atoms with Crippen molar-refractivity contribution in [3.8, 4) is 5.75 Å². The Morgan fingerprint density at radius 3 is 2.58 bits per heavy atom. The standard InChI is InChI=1S/C18H20N2O4/c1-19-8-7-15(21)17(24-13-14-5-3-2-4-6-14)16(19)18(22)20-9-11-23-12-10-20/h2-8H,9-13H2,1H3. The van der Waals surface area contributed by atoms with E-state index < -0.39 is 0 Å². The number of amides is 1. The molecule has 126 valence electrons. The Hall–Kier alpha value is -2.60. The van der Waals surface area contributed by atoms with Crippen LogP contribution in [-0.4, -0.2) is 41.7 Å². The van der Waals surface area contributed by atoms with Crippen molar-refractivity contribution < 1.29 is 14.3 Å². The third-order valence-corrected chi connectivity index (χ3v) is 3.97. The number of pyridine rings is 1. The summed E-state index contributed by atoms with van der Waals surface area (Å²) in [6.45, 7) is 2.28. The molecule has 6 heteroatoms. The summed E-state index contributed by atoms with van der Waals surface area (Å²) in [5.41, 5.74) is 0.925. The summed E-state index contributed by atoms with van der Waals surface area (Å²) in [7, 11) is 1.74. The van der Waals surface area contributed by atoms with Gasteiger partial charge in [-0.15, -0.1) is 0 Å². The van der Waals surface area contributed by atoms with Gasteiger partial charge in [0.05, 0.1) is 13.2 Å². The molecule has 0 saturated carbocycles. The zero-order valence-corrected chi connectivity index (χ0v) is 13.6. The third kappa shape index (κ3) is 3.49. The average Bonchev–Trinajstić information content (AvgIpc) is 2.63. The van der Waals surface area contributed by atoms with Gasteiger partial charge in [0, 0.05) is 32.4 Å². The lowest BCUT2D eigenvalue weighted by atomic mass is 10.2. The van der Waals surface area contributed by atoms with Crippen LogP contribution in [0, 0.1) is 0 Å². The second-order valence-corrected chi connectivity index (χ2v) is 5.65. The molecule has 1 aliphatic heterocycles. The van der Waals surface area contributed by atoms with Crippen molar-refractivity contribution >= 4 is 5.91 Å². The van der Waals surface area contributed by atoms with Gasteiger partial charge in [0.2, 0.25) is 5.43 Å². The first-order valence-corrected chi connectivity index (χ1v) is 7.90. The summed E-state index contributed by atoms with van der Waals surface area (Å²) in [6, 6.07) is 11.0. The summed E-state index contributed by atoms with van der Waals surface area (Å²) in [6.07, 6.45) is 1.59. The maximum Gasteiger partial charge on any atom is 0.274 e. The quantitative estimate of drug-likeness (QED) is 0.852. The number of benzene rings is 1. The lowest BCUT2D eigenvalue weighted by Gasteiger charge is -2.28. The molecule has 1 amide bonds. The molecule has 1 fully saturated rings. The van der Waals surface area contributed by atoms with Crippen LogP contribution in [0.3, 0.4) is 0 Å². The first-order chi connectivity index (χ1) is 11.7. The second-order valence-electron chi connectivity index (χ2n) is 5.65. The van der Waals surface area contributed by atoms with Crippen molar-refractivity contribution in [1.29, 1.82) is 0 Å². The van der Waals surface area contributed by atoms with E-state index in [2.05, 4.69) is 0 Å². The summed E-state index contributed by atoms with van der Waals surface area (Å²) in [5.74, 6) is -0.109. The first kappa shape index (κ1) is 16.3. The Morgan fingerprint density at radius 1 is 1.17 bits per heavy atom. The lowest BCUT2D eigenvalue weighted by molar-refractivity contribution is 0.0292. The number of hydrogen-bond acceptors (Lipinski definition) is 4. The SMILES string of the molecule is Cn1ccc(=O)c(OCc2ccccc2)c1C(=O)N1CCOCC1. The van der Waals surface area contributed by atoms with Crippen LogP contribution >= 0.6 is 0 Å². The van der Waals surface area contributed by atoms with Gasteiger partial charge in [-0.05, 0) is 5.56 Å². The van der Waals surface area contributed by atoms with E-state index in [1.54, 1.807) is 22.7 Å². The van der Waals surface area contributed by atoms with E-state index in [-0.39, 0.29) is 29.4 Å². The van der Waals surface area contributed by atoms with E-state index in [1.165, 1.54) is 6.07 Å². The molecule has 0 unspecified atom stereocenters. The number of aryl methyl sites for hydroxylation is 1. The highest BCUT2D eigenvalue weighted by Gasteiger charge is 2.25. The maximum atomic E-state index is 12.8. The van der Waals surface area contributed by atoms with Crippen LogP contribution in [0.25, 0.3) is 0 Å². The molecular weight excluding hydrogens is 308 g/mol. The van der Waals surface area contributed by atoms with Gasteiger partial charge in [-0.1, -0.05) is 30.3 Å². The van der Waals surface area contributed by atoms with Crippen LogP contribution in [-0.2, 0) is 18.4 Å². The Bertz CT molecular complexity index is 764. The fourth-order valence-corrected chi connectivity index (χ4v) is 2.64. The number of morpholine rings is 1. The molecule has 1 aromatic heterocycles. The van der Waals surface area contributed by atoms with Gasteiger partial charge in [0.1, 0.15) is 6.61 Å². The van der Waals surface area contributed by atoms with Crippen molar-refractivity contribution in [1.82, 2.24) is 9.47 Å². The molecule has 0 radical (unpaired) electrons. The monoisotopic (exact) mass is 328 g/mol. The molecule has 0 aliphatic carbocycles. The zero-order valence-electron chi connectivity index (χ0n) is 13.6. The van der Waals surface area contributed by atoms with E-state index in [4.69, 9.17) is 9.47 Å². The van der Waals surface area contributed by atoms with Crippen LogP contribution in [0.4, 0.5) is 0 Å². The van der Waals surface area contributed by atoms with Crippen LogP contribution in [0.2, 0.25) is 0 Å². The molecule has 2 heterocycles. The summed E-state index contributed by atoms with van der Waals surface area (Å²) in [5, 5.41) is 0. The topological polar surface area (TPSA) is 60.8 Å². The van der Waals surface area contributed by atoms with E-state index >= 15 is 0 Å². The Kier molecular flexibility index (Phi) is 4.96. The number of aromatic nitrogens is 1. The van der Waals surface area contributed by atoms with Crippen molar-refractivity contribution in [3.05, 3.63) is 64.1 Å². The molecule has 1 saturated heterocycles. The largest absolute Gasteiger partial charge is 0.483 e. The van der Waals surface area contributed by atoms with Gasteiger partial charge >= 0.3 is 0 Å². The van der Waals surface area contributed by atoms with Crippen molar-refractivity contribution in [2.24, 2.45) is 7.05 Å². The Labute approximate surface area is 140 Å². The minimum Gasteiger partial charge on any atom is -0.483 e. The molecule has 3 rings (SSSR count). The molecule has 6 nitrogen and oxygen atoms in total. The highest BCUT2D eigenvalue weighted by Crippen LogP contribution is 2.17. The van der Waals surface area contributed by atoms with Crippen LogP contribution in [0.1, 0.15) is 16.1 Å². The summed E-state index contributed by atoms with van der Waals surface area (Å²) in [4.78, 5) is 26.8. The molecule has 1 aromatic carbocycles. The highest BCUT2D eigenvalue weighted by atomic mass is 16.5. The predicted molar refractivity (Wildman–Crippen MR) is 89.2 cm³/mol. The molecule has 2 aromatic rings. The van der Waals surface area contributed by atoms with Crippen LogP contribution < -0.4 is 10.2 Å². The van der Waals surface area contributed by atoms with Crippen LogP contribution in [0.5, 0.6) is 5.75 Å². The molecule has 24 heavy (non-hydrogen) atoms. The predicted octanol–water partition coefficient (Wildman–Crippen LogP) is 1.44. The highest BCUT2D eigenvalue weighted by molar-refractivity contribution is 5.95. The Balaban J connectivity index is 1.88. The van der Waals surface area contributed by atoms with E-state index in [9.17, 15) is 9.59 Å². The van der Waals surface area contributed by atoms with Gasteiger partial charge in [0.15, 0.2) is 11.4 Å². The van der Waals surface area contributed by atoms with Crippen molar-refractivity contribution in [2.45, 2.75) is 6.61 Å². The second kappa shape index (κ2) is 7.31. The smallest absolute Gasteiger partial charge is 0.274 e. The average molecular weight is 328 g/mol. The molecule has 0 bridgehead atoms. The maximum absolute atomic E-state index is 12.8. The molecular formula is C18H20N2O4. The molecule has 0 spiro atoms. The van der Waals surface area contributed by atoms with E-state index in [0.29, 0.717) is 26.3 Å². The summed E-state index contributed by atoms with van der Waals surface area (Å²) >= 11 is 0. The zero-order chi connectivity index (χ0) is 16.9.